The lowest BCUT2D eigenvalue weighted by atomic mass is 9.86. The monoisotopic (exact) mass is 1020 g/mol. The minimum Gasteiger partial charge on any atom is -0.458 e. The zero-order valence-electron chi connectivity index (χ0n) is 36.3. The van der Waals surface area contributed by atoms with Crippen molar-refractivity contribution in [2.45, 2.75) is 94.8 Å². The van der Waals surface area contributed by atoms with Gasteiger partial charge in [0.2, 0.25) is 12.7 Å². The number of imidazole rings is 1. The maximum atomic E-state index is 13.7. The highest BCUT2D eigenvalue weighted by Crippen LogP contribution is 2.43. The fourth-order valence-electron chi connectivity index (χ4n) is 8.64. The molecular weight excluding hydrogens is 970 g/mol. The second-order valence-electron chi connectivity index (χ2n) is 16.3. The van der Waals surface area contributed by atoms with Gasteiger partial charge in [-0.2, -0.15) is 0 Å². The van der Waals surface area contributed by atoms with Crippen molar-refractivity contribution in [2.24, 2.45) is 0 Å². The van der Waals surface area contributed by atoms with Crippen molar-refractivity contribution < 1.29 is 38.4 Å². The number of benzene rings is 2. The van der Waals surface area contributed by atoms with Crippen LogP contribution in [0.15, 0.2) is 57.6 Å². The van der Waals surface area contributed by atoms with Gasteiger partial charge in [-0.15, -0.1) is 0 Å². The molecular formula is C45H46IN9O9S. The number of esters is 1. The number of anilines is 1. The summed E-state index contributed by atoms with van der Waals surface area (Å²) in [5, 5.41) is 12.7. The van der Waals surface area contributed by atoms with Gasteiger partial charge in [0.05, 0.1) is 29.0 Å². The second-order valence-corrected chi connectivity index (χ2v) is 18.5. The number of hydrogen-bond donors (Lipinski definition) is 2. The number of nitrogens with zero attached hydrogens (tertiary/aromatic N) is 8. The number of halogens is 1. The van der Waals surface area contributed by atoms with Crippen LogP contribution in [-0.4, -0.2) is 94.9 Å². The highest BCUT2D eigenvalue weighted by Gasteiger charge is 2.45. The first-order valence-electron chi connectivity index (χ1n) is 21.3. The van der Waals surface area contributed by atoms with E-state index in [0.29, 0.717) is 76.4 Å². The smallest absolute Gasteiger partial charge is 0.414 e. The number of nitrogen functional groups attached to an aromatic ring is 1. The van der Waals surface area contributed by atoms with Crippen LogP contribution in [0.1, 0.15) is 69.2 Å². The lowest BCUT2D eigenvalue weighted by molar-refractivity contribution is -0.172. The minimum absolute atomic E-state index is 0.0499. The van der Waals surface area contributed by atoms with Crippen LogP contribution in [0.25, 0.3) is 33.5 Å². The van der Waals surface area contributed by atoms with Crippen LogP contribution in [-0.2, 0) is 46.0 Å². The van der Waals surface area contributed by atoms with E-state index in [1.54, 1.807) is 47.7 Å². The van der Waals surface area contributed by atoms with Gasteiger partial charge in [0.25, 0.3) is 5.56 Å². The van der Waals surface area contributed by atoms with Crippen molar-refractivity contribution in [1.29, 1.82) is 0 Å². The number of pyridine rings is 2. The van der Waals surface area contributed by atoms with E-state index in [1.165, 1.54) is 23.0 Å². The summed E-state index contributed by atoms with van der Waals surface area (Å²) in [7, 11) is 1.59. The van der Waals surface area contributed by atoms with Crippen molar-refractivity contribution >= 4 is 80.2 Å². The van der Waals surface area contributed by atoms with Gasteiger partial charge in [-0.05, 0) is 97.7 Å². The summed E-state index contributed by atoms with van der Waals surface area (Å²) in [5.74, 6) is 1.05. The standard InChI is InChI=1S/C45H46IN9O9S/c1-6-25-26-15-24(9-10-31(26)50-37-27(25)19-55-32(37)16-29-28(41(55)57)20-61-42(58)45(29,60)7-2)64-44(59)52(5)14-11-36(56)53(23(3)4)12-8-13-54-40-38(39(47)48-21-49-40)51-43(54)65-35-18-34-33(17-30(35)46)62-22-63-34/h9-10,15-18,21,23,60H,6-8,11-14,19-20,22H2,1-5H3,(H2,47,48,49)/t45-/m0/s1. The number of hydrogen-bond acceptors (Lipinski definition) is 15. The number of rotatable bonds is 13. The van der Waals surface area contributed by atoms with Crippen LogP contribution in [0.4, 0.5) is 10.6 Å². The summed E-state index contributed by atoms with van der Waals surface area (Å²) in [6.45, 7) is 8.87. The molecule has 0 fully saturated rings. The van der Waals surface area contributed by atoms with E-state index in [9.17, 15) is 24.3 Å². The Hall–Kier alpha value is -6.00. The van der Waals surface area contributed by atoms with Gasteiger partial charge < -0.3 is 48.7 Å². The first kappa shape index (κ1) is 44.2. The lowest BCUT2D eigenvalue weighted by Crippen LogP contribution is -2.44. The predicted octanol–water partition coefficient (Wildman–Crippen LogP) is 6.00. The quantitative estimate of drug-likeness (QED) is 0.100. The maximum Gasteiger partial charge on any atom is 0.414 e. The van der Waals surface area contributed by atoms with Crippen LogP contribution >= 0.6 is 34.4 Å². The van der Waals surface area contributed by atoms with Gasteiger partial charge in [-0.25, -0.2) is 29.5 Å². The first-order valence-corrected chi connectivity index (χ1v) is 23.2. The third-order valence-electron chi connectivity index (χ3n) is 12.2. The van der Waals surface area contributed by atoms with E-state index >= 15 is 0 Å². The molecule has 0 saturated carbocycles. The summed E-state index contributed by atoms with van der Waals surface area (Å²) in [4.78, 5) is 76.0. The van der Waals surface area contributed by atoms with E-state index in [2.05, 4.69) is 32.6 Å². The highest BCUT2D eigenvalue weighted by atomic mass is 127. The van der Waals surface area contributed by atoms with Crippen LogP contribution in [0, 0.1) is 3.57 Å². The van der Waals surface area contributed by atoms with Gasteiger partial charge >= 0.3 is 12.1 Å². The van der Waals surface area contributed by atoms with Crippen molar-refractivity contribution in [3.8, 4) is 28.6 Å². The fraction of sp³-hybridized carbons (Fsp3) is 0.378. The molecule has 3 aliphatic rings. The number of aryl methyl sites for hydroxylation is 2. The summed E-state index contributed by atoms with van der Waals surface area (Å²) in [6.07, 6.45) is 2.11. The average Bonchev–Trinajstić information content (AvgIpc) is 4.00. The molecule has 0 radical (unpaired) electrons. The first-order chi connectivity index (χ1) is 31.2. The lowest BCUT2D eigenvalue weighted by Gasteiger charge is -2.31. The molecule has 0 saturated heterocycles. The number of aliphatic hydroxyl groups is 1. The Morgan fingerprint density at radius 1 is 1.05 bits per heavy atom. The minimum atomic E-state index is -1.92. The SMILES string of the molecule is CCc1c2c(nc3ccc(OC(=O)N(C)CCC(=O)N(CCCn4c(Sc5cc6c(cc5I)OCO6)nc5c(N)ncnc54)C(C)C)cc13)-c1cc3c(c(=O)n1C2)COC(=O)[C@]3(O)CC. The molecule has 338 valence electrons. The molecule has 2 amide bonds. The van der Waals surface area contributed by atoms with Gasteiger partial charge in [0.1, 0.15) is 18.7 Å². The van der Waals surface area contributed by atoms with Crippen molar-refractivity contribution in [3.63, 3.8) is 0 Å². The van der Waals surface area contributed by atoms with Crippen molar-refractivity contribution in [2.75, 3.05) is 32.7 Å². The van der Waals surface area contributed by atoms with Gasteiger partial charge in [-0.3, -0.25) is 9.59 Å². The van der Waals surface area contributed by atoms with E-state index in [-0.39, 0.29) is 73.8 Å². The second kappa shape index (κ2) is 17.4. The molecule has 9 rings (SSSR count). The zero-order chi connectivity index (χ0) is 45.9. The largest absolute Gasteiger partial charge is 0.458 e. The third-order valence-corrected chi connectivity index (χ3v) is 14.5. The predicted molar refractivity (Wildman–Crippen MR) is 248 cm³/mol. The molecule has 1 atom stereocenters. The average molecular weight is 1020 g/mol. The molecule has 0 spiro atoms. The molecule has 4 aromatic heterocycles. The number of aromatic nitrogens is 6. The number of fused-ring (bicyclic) bond motifs is 7. The molecule has 0 unspecified atom stereocenters. The molecule has 2 aromatic carbocycles. The number of ether oxygens (including phenoxy) is 4. The van der Waals surface area contributed by atoms with E-state index < -0.39 is 17.7 Å². The number of cyclic esters (lactones) is 1. The highest BCUT2D eigenvalue weighted by molar-refractivity contribution is 14.1. The van der Waals surface area contributed by atoms with Crippen LogP contribution in [0.3, 0.4) is 0 Å². The van der Waals surface area contributed by atoms with Gasteiger partial charge in [0.15, 0.2) is 39.2 Å². The van der Waals surface area contributed by atoms with E-state index in [4.69, 9.17) is 34.6 Å². The summed E-state index contributed by atoms with van der Waals surface area (Å²) >= 11 is 3.72. The van der Waals surface area contributed by atoms with Crippen molar-refractivity contribution in [1.82, 2.24) is 38.9 Å². The van der Waals surface area contributed by atoms with Crippen LogP contribution in [0.5, 0.6) is 17.2 Å². The topological polar surface area (TPSA) is 219 Å². The molecule has 3 N–H and O–H groups in total. The molecule has 7 heterocycles. The van der Waals surface area contributed by atoms with E-state index in [0.717, 1.165) is 25.0 Å². The Morgan fingerprint density at radius 3 is 2.58 bits per heavy atom. The maximum absolute atomic E-state index is 13.7. The summed E-state index contributed by atoms with van der Waals surface area (Å²) < 4.78 is 26.8. The summed E-state index contributed by atoms with van der Waals surface area (Å²) in [5.41, 5.74) is 9.09. The molecule has 65 heavy (non-hydrogen) atoms. The molecule has 0 aliphatic carbocycles. The Kier molecular flexibility index (Phi) is 11.9. The molecule has 18 nitrogen and oxygen atoms in total. The summed E-state index contributed by atoms with van der Waals surface area (Å²) in [6, 6.07) is 10.6. The van der Waals surface area contributed by atoms with Crippen LogP contribution in [0.2, 0.25) is 0 Å². The molecule has 3 aliphatic heterocycles. The Bertz CT molecular complexity index is 3010. The zero-order valence-corrected chi connectivity index (χ0v) is 39.3. The van der Waals surface area contributed by atoms with Crippen LogP contribution < -0.4 is 25.5 Å². The van der Waals surface area contributed by atoms with Crippen molar-refractivity contribution in [3.05, 3.63) is 78.9 Å². The fourth-order valence-corrected chi connectivity index (χ4v) is 10.4. The Morgan fingerprint density at radius 2 is 1.83 bits per heavy atom. The molecule has 6 aromatic rings. The molecule has 20 heteroatoms. The Balaban J connectivity index is 0.856. The van der Waals surface area contributed by atoms with E-state index in [1.807, 2.05) is 37.5 Å². The number of nitrogens with two attached hydrogens (primary N) is 1. The van der Waals surface area contributed by atoms with Gasteiger partial charge in [0, 0.05) is 64.1 Å². The normalized spacial score (nSPS) is 15.8. The van der Waals surface area contributed by atoms with Gasteiger partial charge in [-0.1, -0.05) is 25.6 Å². The number of carbonyl (C=O) groups excluding carboxylic acids is 3. The Labute approximate surface area is 390 Å². The third kappa shape index (κ3) is 7.87. The number of amides is 2. The number of carbonyl (C=O) groups is 3. The molecule has 0 bridgehead atoms.